The molecule has 1 saturated carbocycles. The summed E-state index contributed by atoms with van der Waals surface area (Å²) < 4.78 is 0. The molecule has 1 heterocycles. The van der Waals surface area contributed by atoms with Crippen molar-refractivity contribution in [2.45, 2.75) is 38.6 Å². The van der Waals surface area contributed by atoms with Crippen molar-refractivity contribution < 1.29 is 4.79 Å². The number of hydrogen-bond donors (Lipinski definition) is 2. The van der Waals surface area contributed by atoms with Gasteiger partial charge in [-0.25, -0.2) is 0 Å². The van der Waals surface area contributed by atoms with Gasteiger partial charge in [0.15, 0.2) is 0 Å². The van der Waals surface area contributed by atoms with Gasteiger partial charge in [-0.05, 0) is 25.7 Å². The van der Waals surface area contributed by atoms with Crippen LogP contribution in [0.2, 0.25) is 0 Å². The summed E-state index contributed by atoms with van der Waals surface area (Å²) in [6.07, 6.45) is 5.28. The van der Waals surface area contributed by atoms with Crippen molar-refractivity contribution in [3.8, 4) is 0 Å². The van der Waals surface area contributed by atoms with Gasteiger partial charge in [0.25, 0.3) is 0 Å². The minimum absolute atomic E-state index is 0.235. The molecular weight excluding hydrogens is 176 g/mol. The fraction of sp³-hybridized carbons (Fsp3) is 0.909. The van der Waals surface area contributed by atoms with Crippen molar-refractivity contribution in [2.75, 3.05) is 13.1 Å². The number of carbonyl (C=O) groups is 1. The average molecular weight is 196 g/mol. The molecule has 2 rings (SSSR count). The summed E-state index contributed by atoms with van der Waals surface area (Å²) in [4.78, 5) is 11.6. The van der Waals surface area contributed by atoms with E-state index in [1.54, 1.807) is 0 Å². The first-order valence-corrected chi connectivity index (χ1v) is 5.78. The van der Waals surface area contributed by atoms with Gasteiger partial charge in [-0.1, -0.05) is 12.8 Å². The lowest BCUT2D eigenvalue weighted by Gasteiger charge is -2.29. The van der Waals surface area contributed by atoms with Crippen LogP contribution in [-0.2, 0) is 4.79 Å². The maximum atomic E-state index is 11.6. The van der Waals surface area contributed by atoms with Gasteiger partial charge in [0.2, 0.25) is 5.91 Å². The van der Waals surface area contributed by atoms with E-state index in [0.717, 1.165) is 19.0 Å². The summed E-state index contributed by atoms with van der Waals surface area (Å²) in [5.41, 5.74) is 0. The first-order chi connectivity index (χ1) is 6.77. The molecule has 1 aliphatic heterocycles. The maximum Gasteiger partial charge on any atom is 0.225 e. The summed E-state index contributed by atoms with van der Waals surface area (Å²) in [6.45, 7) is 3.88. The van der Waals surface area contributed by atoms with Crippen LogP contribution in [0.3, 0.4) is 0 Å². The van der Waals surface area contributed by atoms with Gasteiger partial charge in [0.1, 0.15) is 0 Å². The molecule has 80 valence electrons. The molecule has 2 N–H and O–H groups in total. The van der Waals surface area contributed by atoms with Crippen molar-refractivity contribution >= 4 is 5.91 Å². The summed E-state index contributed by atoms with van der Waals surface area (Å²) in [5, 5.41) is 6.27. The highest BCUT2D eigenvalue weighted by Crippen LogP contribution is 2.27. The predicted octanol–water partition coefficient (Wildman–Crippen LogP) is 0.901. The van der Waals surface area contributed by atoms with E-state index in [9.17, 15) is 4.79 Å². The van der Waals surface area contributed by atoms with Crippen LogP contribution < -0.4 is 10.6 Å². The SMILES string of the molecule is C[C@@H](NC(=O)C1CNC1)C1CCCC1. The molecular formula is C11H20N2O. The lowest BCUT2D eigenvalue weighted by atomic mass is 9.97. The number of hydrogen-bond acceptors (Lipinski definition) is 2. The number of nitrogens with one attached hydrogen (secondary N) is 2. The van der Waals surface area contributed by atoms with E-state index in [0.29, 0.717) is 6.04 Å². The first kappa shape index (κ1) is 9.97. The van der Waals surface area contributed by atoms with Crippen LogP contribution >= 0.6 is 0 Å². The Kier molecular flexibility index (Phi) is 3.06. The van der Waals surface area contributed by atoms with E-state index < -0.39 is 0 Å². The molecule has 0 spiro atoms. The minimum Gasteiger partial charge on any atom is -0.353 e. The number of carbonyl (C=O) groups excluding carboxylic acids is 1. The number of amides is 1. The van der Waals surface area contributed by atoms with Gasteiger partial charge in [0.05, 0.1) is 5.92 Å². The van der Waals surface area contributed by atoms with Gasteiger partial charge in [0, 0.05) is 19.1 Å². The fourth-order valence-electron chi connectivity index (χ4n) is 2.39. The molecule has 3 nitrogen and oxygen atoms in total. The molecule has 1 saturated heterocycles. The Hall–Kier alpha value is -0.570. The van der Waals surface area contributed by atoms with Crippen LogP contribution in [-0.4, -0.2) is 25.0 Å². The first-order valence-electron chi connectivity index (χ1n) is 5.78. The Morgan fingerprint density at radius 2 is 2.00 bits per heavy atom. The predicted molar refractivity (Wildman–Crippen MR) is 55.9 cm³/mol. The summed E-state index contributed by atoms with van der Waals surface area (Å²) in [6, 6.07) is 0.380. The van der Waals surface area contributed by atoms with Crippen LogP contribution in [0.4, 0.5) is 0 Å². The molecule has 2 fully saturated rings. The Morgan fingerprint density at radius 1 is 1.36 bits per heavy atom. The fourth-order valence-corrected chi connectivity index (χ4v) is 2.39. The topological polar surface area (TPSA) is 41.1 Å². The van der Waals surface area contributed by atoms with Crippen LogP contribution in [0.1, 0.15) is 32.6 Å². The standard InChI is InChI=1S/C11H20N2O/c1-8(9-4-2-3-5-9)13-11(14)10-6-12-7-10/h8-10,12H,2-7H2,1H3,(H,13,14)/t8-/m1/s1. The monoisotopic (exact) mass is 196 g/mol. The molecule has 1 aliphatic carbocycles. The molecule has 2 aliphatic rings. The Balaban J connectivity index is 1.74. The third-order valence-corrected chi connectivity index (χ3v) is 3.63. The van der Waals surface area contributed by atoms with E-state index in [1.807, 2.05) is 0 Å². The van der Waals surface area contributed by atoms with E-state index >= 15 is 0 Å². The van der Waals surface area contributed by atoms with Crippen LogP contribution in [0.15, 0.2) is 0 Å². The third kappa shape index (κ3) is 2.08. The molecule has 14 heavy (non-hydrogen) atoms. The zero-order valence-corrected chi connectivity index (χ0v) is 8.88. The van der Waals surface area contributed by atoms with Crippen molar-refractivity contribution in [2.24, 2.45) is 11.8 Å². The Bertz CT molecular complexity index is 207. The normalized spacial score (nSPS) is 25.8. The van der Waals surface area contributed by atoms with Crippen LogP contribution in [0.25, 0.3) is 0 Å². The Morgan fingerprint density at radius 3 is 2.50 bits per heavy atom. The minimum atomic E-state index is 0.235. The van der Waals surface area contributed by atoms with Gasteiger partial charge in [-0.15, -0.1) is 0 Å². The molecule has 0 unspecified atom stereocenters. The second-order valence-corrected chi connectivity index (χ2v) is 4.70. The Labute approximate surface area is 85.6 Å². The zero-order valence-electron chi connectivity index (χ0n) is 8.88. The second-order valence-electron chi connectivity index (χ2n) is 4.70. The van der Waals surface area contributed by atoms with Crippen LogP contribution in [0.5, 0.6) is 0 Å². The van der Waals surface area contributed by atoms with Crippen molar-refractivity contribution in [3.63, 3.8) is 0 Å². The lowest BCUT2D eigenvalue weighted by molar-refractivity contribution is -0.127. The lowest BCUT2D eigenvalue weighted by Crippen LogP contribution is -2.53. The van der Waals surface area contributed by atoms with E-state index in [-0.39, 0.29) is 11.8 Å². The van der Waals surface area contributed by atoms with Crippen LogP contribution in [0, 0.1) is 11.8 Å². The highest BCUT2D eigenvalue weighted by Gasteiger charge is 2.28. The molecule has 0 aromatic rings. The summed E-state index contributed by atoms with van der Waals surface area (Å²) >= 11 is 0. The molecule has 1 atom stereocenters. The zero-order chi connectivity index (χ0) is 9.97. The van der Waals surface area contributed by atoms with Gasteiger partial charge >= 0.3 is 0 Å². The smallest absolute Gasteiger partial charge is 0.225 e. The van der Waals surface area contributed by atoms with Gasteiger partial charge in [-0.2, -0.15) is 0 Å². The summed E-state index contributed by atoms with van der Waals surface area (Å²) in [7, 11) is 0. The molecule has 0 radical (unpaired) electrons. The van der Waals surface area contributed by atoms with Crippen molar-refractivity contribution in [1.29, 1.82) is 0 Å². The van der Waals surface area contributed by atoms with Gasteiger partial charge < -0.3 is 10.6 Å². The maximum absolute atomic E-state index is 11.6. The van der Waals surface area contributed by atoms with E-state index in [1.165, 1.54) is 25.7 Å². The number of rotatable bonds is 3. The largest absolute Gasteiger partial charge is 0.353 e. The molecule has 0 bridgehead atoms. The van der Waals surface area contributed by atoms with E-state index in [4.69, 9.17) is 0 Å². The van der Waals surface area contributed by atoms with Crippen molar-refractivity contribution in [3.05, 3.63) is 0 Å². The second kappa shape index (κ2) is 4.30. The molecule has 0 aromatic carbocycles. The summed E-state index contributed by atoms with van der Waals surface area (Å²) in [5.74, 6) is 1.22. The van der Waals surface area contributed by atoms with Gasteiger partial charge in [-0.3, -0.25) is 4.79 Å². The third-order valence-electron chi connectivity index (χ3n) is 3.63. The van der Waals surface area contributed by atoms with Crippen molar-refractivity contribution in [1.82, 2.24) is 10.6 Å². The van der Waals surface area contributed by atoms with E-state index in [2.05, 4.69) is 17.6 Å². The average Bonchev–Trinajstić information content (AvgIpc) is 2.51. The highest BCUT2D eigenvalue weighted by molar-refractivity contribution is 5.80. The quantitative estimate of drug-likeness (QED) is 0.704. The molecule has 3 heteroatoms. The highest BCUT2D eigenvalue weighted by atomic mass is 16.2. The molecule has 1 amide bonds. The molecule has 0 aromatic heterocycles.